The zero-order chi connectivity index (χ0) is 31.9. The van der Waals surface area contributed by atoms with Gasteiger partial charge < -0.3 is 9.64 Å². The predicted octanol–water partition coefficient (Wildman–Crippen LogP) is 9.05. The zero-order valence-electron chi connectivity index (χ0n) is 27.2. The van der Waals surface area contributed by atoms with Gasteiger partial charge in [0.15, 0.2) is 0 Å². The summed E-state index contributed by atoms with van der Waals surface area (Å²) < 4.78 is 36.6. The lowest BCUT2D eigenvalue weighted by atomic mass is 9.69. The summed E-state index contributed by atoms with van der Waals surface area (Å²) in [5.74, 6) is 2.18. The van der Waals surface area contributed by atoms with Crippen molar-refractivity contribution in [2.45, 2.75) is 75.5 Å². The van der Waals surface area contributed by atoms with Crippen LogP contribution in [0.2, 0.25) is 0 Å². The number of ether oxygens (including phenoxy) is 1. The van der Waals surface area contributed by atoms with Gasteiger partial charge in [0.25, 0.3) is 10.1 Å². The smallest absolute Gasteiger partial charge is 0.296 e. The molecule has 2 atom stereocenters. The number of hydrogen-bond acceptors (Lipinski definition) is 5. The lowest BCUT2D eigenvalue weighted by molar-refractivity contribution is 0.262. The van der Waals surface area contributed by atoms with Crippen LogP contribution >= 0.6 is 0 Å². The zero-order valence-corrected chi connectivity index (χ0v) is 28.1. The largest absolute Gasteiger partial charge is 0.494 e. The molecule has 1 aliphatic heterocycles. The summed E-state index contributed by atoms with van der Waals surface area (Å²) in [5.41, 5.74) is 7.88. The number of aryl methyl sites for hydroxylation is 2. The first-order valence-corrected chi connectivity index (χ1v) is 18.4. The predicted molar refractivity (Wildman–Crippen MR) is 187 cm³/mol. The van der Waals surface area contributed by atoms with Crippen LogP contribution in [0.15, 0.2) is 102 Å². The van der Waals surface area contributed by atoms with Crippen molar-refractivity contribution in [3.05, 3.63) is 125 Å². The first-order valence-electron chi connectivity index (χ1n) is 17.0. The van der Waals surface area contributed by atoms with E-state index in [2.05, 4.69) is 84.6 Å². The average Bonchev–Trinajstić information content (AvgIpc) is 3.09. The highest BCUT2D eigenvalue weighted by Crippen LogP contribution is 2.47. The summed E-state index contributed by atoms with van der Waals surface area (Å²) in [6, 6.07) is 33.9. The Balaban J connectivity index is 1.10. The standard InChI is InChI=1S/C40H47NO4S/c1-3-4-27-44-36-17-21-39-34(29-36)14-20-38(32-8-6-5-7-9-32)40(39)33-12-15-35(16-13-33)41-25-22-31(23-26-41)24-28-45-46(42,43)37-18-10-30(2)11-19-37/h5-13,15-19,21,29,31,38,40H,3-4,14,20,22-28H2,1-2H3/t38-,40+/m1/s1. The molecular weight excluding hydrogens is 591 g/mol. The lowest BCUT2D eigenvalue weighted by Crippen LogP contribution is -2.34. The van der Waals surface area contributed by atoms with Gasteiger partial charge in [0.05, 0.1) is 18.1 Å². The van der Waals surface area contributed by atoms with Crippen LogP contribution in [0.1, 0.15) is 85.1 Å². The van der Waals surface area contributed by atoms with Crippen molar-refractivity contribution >= 4 is 15.8 Å². The van der Waals surface area contributed by atoms with E-state index >= 15 is 0 Å². The van der Waals surface area contributed by atoms with E-state index in [1.807, 2.05) is 6.92 Å². The molecule has 1 aliphatic carbocycles. The average molecular weight is 638 g/mol. The molecule has 1 fully saturated rings. The van der Waals surface area contributed by atoms with Crippen molar-refractivity contribution in [1.29, 1.82) is 0 Å². The van der Waals surface area contributed by atoms with Crippen molar-refractivity contribution in [3.63, 3.8) is 0 Å². The maximum atomic E-state index is 12.6. The van der Waals surface area contributed by atoms with Crippen LogP contribution in [0.5, 0.6) is 5.75 Å². The molecule has 46 heavy (non-hydrogen) atoms. The fourth-order valence-electron chi connectivity index (χ4n) is 7.16. The van der Waals surface area contributed by atoms with Crippen LogP contribution in [0.3, 0.4) is 0 Å². The molecule has 6 rings (SSSR count). The quantitative estimate of drug-likeness (QED) is 0.115. The number of unbranched alkanes of at least 4 members (excludes halogenated alkanes) is 1. The minimum absolute atomic E-state index is 0.226. The summed E-state index contributed by atoms with van der Waals surface area (Å²) in [4.78, 5) is 2.69. The fourth-order valence-corrected chi connectivity index (χ4v) is 8.08. The van der Waals surface area contributed by atoms with Crippen LogP contribution in [0.25, 0.3) is 0 Å². The third kappa shape index (κ3) is 7.67. The van der Waals surface area contributed by atoms with Crippen LogP contribution in [0, 0.1) is 12.8 Å². The Morgan fingerprint density at radius 1 is 0.804 bits per heavy atom. The van der Waals surface area contributed by atoms with Gasteiger partial charge in [-0.05, 0) is 116 Å². The van der Waals surface area contributed by atoms with Crippen molar-refractivity contribution in [1.82, 2.24) is 0 Å². The van der Waals surface area contributed by atoms with Crippen LogP contribution in [0.4, 0.5) is 5.69 Å². The van der Waals surface area contributed by atoms with E-state index in [1.54, 1.807) is 24.3 Å². The van der Waals surface area contributed by atoms with Crippen molar-refractivity contribution < 1.29 is 17.3 Å². The number of anilines is 1. The van der Waals surface area contributed by atoms with E-state index in [0.29, 0.717) is 17.8 Å². The van der Waals surface area contributed by atoms with Gasteiger partial charge in [-0.15, -0.1) is 0 Å². The normalized spacial score (nSPS) is 18.7. The monoisotopic (exact) mass is 637 g/mol. The van der Waals surface area contributed by atoms with E-state index < -0.39 is 10.1 Å². The van der Waals surface area contributed by atoms with E-state index in [0.717, 1.165) is 76.0 Å². The van der Waals surface area contributed by atoms with E-state index in [1.165, 1.54) is 27.9 Å². The minimum Gasteiger partial charge on any atom is -0.494 e. The molecule has 4 aromatic carbocycles. The lowest BCUT2D eigenvalue weighted by Gasteiger charge is -2.36. The first-order chi connectivity index (χ1) is 22.4. The maximum Gasteiger partial charge on any atom is 0.296 e. The highest BCUT2D eigenvalue weighted by molar-refractivity contribution is 7.86. The summed E-state index contributed by atoms with van der Waals surface area (Å²) in [6.07, 6.45) is 7.21. The Bertz CT molecular complexity index is 1660. The number of piperidine rings is 1. The molecule has 1 heterocycles. The van der Waals surface area contributed by atoms with Crippen molar-refractivity contribution in [2.75, 3.05) is 31.2 Å². The number of hydrogen-bond donors (Lipinski definition) is 0. The van der Waals surface area contributed by atoms with Crippen LogP contribution < -0.4 is 9.64 Å². The van der Waals surface area contributed by atoms with Crippen molar-refractivity contribution in [2.24, 2.45) is 5.92 Å². The first kappa shape index (κ1) is 32.3. The second-order valence-corrected chi connectivity index (χ2v) is 14.6. The maximum absolute atomic E-state index is 12.6. The summed E-state index contributed by atoms with van der Waals surface area (Å²) in [7, 11) is -3.71. The Labute approximate surface area is 275 Å². The summed E-state index contributed by atoms with van der Waals surface area (Å²) >= 11 is 0. The Kier molecular flexibility index (Phi) is 10.5. The molecular formula is C40H47NO4S. The molecule has 4 aromatic rings. The van der Waals surface area contributed by atoms with E-state index in [4.69, 9.17) is 8.92 Å². The number of fused-ring (bicyclic) bond motifs is 1. The number of rotatable bonds is 12. The SMILES string of the molecule is CCCCOc1ccc2c(c1)CC[C@H](c1ccccc1)[C@@H]2c1ccc(N2CCC(CCOS(=O)(=O)c3ccc(C)cc3)CC2)cc1. The van der Waals surface area contributed by atoms with Gasteiger partial charge in [0.2, 0.25) is 0 Å². The molecule has 0 aromatic heterocycles. The molecule has 0 amide bonds. The van der Waals surface area contributed by atoms with E-state index in [9.17, 15) is 8.42 Å². The molecule has 5 nitrogen and oxygen atoms in total. The third-order valence-corrected chi connectivity index (χ3v) is 11.2. The highest BCUT2D eigenvalue weighted by atomic mass is 32.2. The molecule has 2 aliphatic rings. The molecule has 242 valence electrons. The minimum atomic E-state index is -3.71. The Morgan fingerprint density at radius 3 is 2.26 bits per heavy atom. The molecule has 0 spiro atoms. The summed E-state index contributed by atoms with van der Waals surface area (Å²) in [6.45, 7) is 7.07. The fraction of sp³-hybridized carbons (Fsp3) is 0.400. The molecule has 0 unspecified atom stereocenters. The molecule has 6 heteroatoms. The van der Waals surface area contributed by atoms with Gasteiger partial charge in [-0.2, -0.15) is 8.42 Å². The van der Waals surface area contributed by atoms with Crippen molar-refractivity contribution in [3.8, 4) is 5.75 Å². The Morgan fingerprint density at radius 2 is 1.54 bits per heavy atom. The second-order valence-electron chi connectivity index (χ2n) is 13.0. The third-order valence-electron chi connectivity index (χ3n) is 9.88. The van der Waals surface area contributed by atoms with Gasteiger partial charge in [-0.25, -0.2) is 0 Å². The molecule has 0 N–H and O–H groups in total. The molecule has 0 bridgehead atoms. The summed E-state index contributed by atoms with van der Waals surface area (Å²) in [5, 5.41) is 0. The van der Waals surface area contributed by atoms with Gasteiger partial charge in [0.1, 0.15) is 5.75 Å². The Hall–Kier alpha value is -3.61. The second kappa shape index (κ2) is 14.9. The molecule has 0 saturated carbocycles. The number of nitrogens with zero attached hydrogens (tertiary/aromatic N) is 1. The van der Waals surface area contributed by atoms with Crippen LogP contribution in [-0.4, -0.2) is 34.7 Å². The van der Waals surface area contributed by atoms with Gasteiger partial charge >= 0.3 is 0 Å². The van der Waals surface area contributed by atoms with Crippen LogP contribution in [-0.2, 0) is 20.7 Å². The van der Waals surface area contributed by atoms with E-state index in [-0.39, 0.29) is 11.5 Å². The van der Waals surface area contributed by atoms with Gasteiger partial charge in [0, 0.05) is 24.7 Å². The topological polar surface area (TPSA) is 55.8 Å². The molecule has 0 radical (unpaired) electrons. The van der Waals surface area contributed by atoms with Gasteiger partial charge in [-0.1, -0.05) is 79.6 Å². The highest BCUT2D eigenvalue weighted by Gasteiger charge is 2.32. The molecule has 1 saturated heterocycles. The number of benzene rings is 4. The van der Waals surface area contributed by atoms with Gasteiger partial charge in [-0.3, -0.25) is 4.18 Å².